The third-order valence-electron chi connectivity index (χ3n) is 4.36. The number of nitrogens with two attached hydrogens (primary N) is 1. The predicted octanol–water partition coefficient (Wildman–Crippen LogP) is -0.440. The molecule has 4 amide bonds. The van der Waals surface area contributed by atoms with E-state index in [9.17, 15) is 24.0 Å². The molecule has 0 spiro atoms. The second-order valence-corrected chi connectivity index (χ2v) is 6.17. The minimum Gasteiger partial charge on any atom is -0.481 e. The van der Waals surface area contributed by atoms with Crippen molar-refractivity contribution in [3.05, 3.63) is 35.4 Å². The van der Waals surface area contributed by atoms with Gasteiger partial charge in [0.05, 0.1) is 11.1 Å². The first-order valence-corrected chi connectivity index (χ1v) is 8.67. The molecule has 28 heavy (non-hydrogen) atoms. The van der Waals surface area contributed by atoms with Crippen molar-refractivity contribution >= 4 is 29.6 Å². The lowest BCUT2D eigenvalue weighted by Gasteiger charge is -2.33. The van der Waals surface area contributed by atoms with Crippen LogP contribution in [0.25, 0.3) is 0 Å². The smallest absolute Gasteiger partial charge is 0.303 e. The largest absolute Gasteiger partial charge is 0.481 e. The SMILES string of the molecule is NCCCC(=O)O.O=C1CCC(N2C(=O)c3ccccc3C2=O)C(=O)N1CO. The van der Waals surface area contributed by atoms with Crippen LogP contribution in [0, 0.1) is 0 Å². The van der Waals surface area contributed by atoms with E-state index in [2.05, 4.69) is 0 Å². The van der Waals surface area contributed by atoms with Crippen LogP contribution in [-0.2, 0) is 14.4 Å². The van der Waals surface area contributed by atoms with Crippen LogP contribution in [0.3, 0.4) is 0 Å². The van der Waals surface area contributed by atoms with Gasteiger partial charge in [-0.25, -0.2) is 0 Å². The molecule has 0 saturated carbocycles. The molecule has 0 radical (unpaired) electrons. The Bertz CT molecular complexity index is 773. The number of fused-ring (bicyclic) bond motifs is 1. The molecule has 1 unspecified atom stereocenters. The number of benzene rings is 1. The zero-order chi connectivity index (χ0) is 20.8. The number of aliphatic hydroxyl groups is 1. The average molecular weight is 391 g/mol. The van der Waals surface area contributed by atoms with Crippen molar-refractivity contribution < 1.29 is 34.2 Å². The number of hydrogen-bond donors (Lipinski definition) is 3. The first kappa shape index (κ1) is 21.2. The molecule has 1 aromatic carbocycles. The summed E-state index contributed by atoms with van der Waals surface area (Å²) in [7, 11) is 0. The van der Waals surface area contributed by atoms with Crippen molar-refractivity contribution in [1.82, 2.24) is 9.80 Å². The molecule has 10 heteroatoms. The Morgan fingerprint density at radius 3 is 2.11 bits per heavy atom. The average Bonchev–Trinajstić information content (AvgIpc) is 2.92. The number of carboxylic acids is 1. The fourth-order valence-electron chi connectivity index (χ4n) is 2.95. The van der Waals surface area contributed by atoms with Gasteiger partial charge in [-0.15, -0.1) is 0 Å². The first-order valence-electron chi connectivity index (χ1n) is 8.67. The van der Waals surface area contributed by atoms with Crippen LogP contribution in [0.2, 0.25) is 0 Å². The van der Waals surface area contributed by atoms with E-state index in [1.807, 2.05) is 0 Å². The van der Waals surface area contributed by atoms with Crippen LogP contribution in [0.1, 0.15) is 46.4 Å². The summed E-state index contributed by atoms with van der Waals surface area (Å²) in [5, 5.41) is 17.1. The third kappa shape index (κ3) is 4.24. The number of nitrogens with zero attached hydrogens (tertiary/aromatic N) is 2. The number of piperidine rings is 1. The molecule has 0 aliphatic carbocycles. The van der Waals surface area contributed by atoms with Crippen molar-refractivity contribution in [2.75, 3.05) is 13.3 Å². The monoisotopic (exact) mass is 391 g/mol. The van der Waals surface area contributed by atoms with Gasteiger partial charge in [-0.1, -0.05) is 12.1 Å². The maximum absolute atomic E-state index is 12.3. The van der Waals surface area contributed by atoms with Gasteiger partial charge in [-0.05, 0) is 31.5 Å². The Balaban J connectivity index is 0.000000345. The van der Waals surface area contributed by atoms with Gasteiger partial charge < -0.3 is 15.9 Å². The van der Waals surface area contributed by atoms with Crippen LogP contribution in [0.4, 0.5) is 0 Å². The standard InChI is InChI=1S/C14H12N2O5.C4H9NO2/c17-7-15-11(18)6-5-10(14(15)21)16-12(19)8-3-1-2-4-9(8)13(16)20;5-3-1-2-4(6)7/h1-4,10,17H,5-7H2;1-3,5H2,(H,6,7). The van der Waals surface area contributed by atoms with E-state index in [0.717, 1.165) is 4.90 Å². The molecule has 150 valence electrons. The molecule has 2 heterocycles. The van der Waals surface area contributed by atoms with Gasteiger partial charge in [0.25, 0.3) is 17.7 Å². The second kappa shape index (κ2) is 9.20. The first-order chi connectivity index (χ1) is 13.3. The van der Waals surface area contributed by atoms with E-state index in [1.54, 1.807) is 12.1 Å². The van der Waals surface area contributed by atoms with Crippen molar-refractivity contribution in [3.8, 4) is 0 Å². The Kier molecular flexibility index (Phi) is 6.96. The minimum atomic E-state index is -1.04. The third-order valence-corrected chi connectivity index (χ3v) is 4.36. The highest BCUT2D eigenvalue weighted by Crippen LogP contribution is 2.28. The van der Waals surface area contributed by atoms with Gasteiger partial charge in [0.1, 0.15) is 12.8 Å². The molecule has 4 N–H and O–H groups in total. The maximum atomic E-state index is 12.3. The van der Waals surface area contributed by atoms with Crippen LogP contribution < -0.4 is 5.73 Å². The molecule has 1 saturated heterocycles. The van der Waals surface area contributed by atoms with Crippen molar-refractivity contribution in [1.29, 1.82) is 0 Å². The molecule has 1 atom stereocenters. The van der Waals surface area contributed by atoms with Crippen molar-refractivity contribution in [2.24, 2.45) is 5.73 Å². The van der Waals surface area contributed by atoms with Gasteiger partial charge >= 0.3 is 5.97 Å². The number of carbonyl (C=O) groups excluding carboxylic acids is 4. The summed E-state index contributed by atoms with van der Waals surface area (Å²) in [6.45, 7) is -0.288. The van der Waals surface area contributed by atoms with E-state index >= 15 is 0 Å². The number of carbonyl (C=O) groups is 5. The molecular formula is C18H21N3O7. The normalized spacial score (nSPS) is 18.7. The highest BCUT2D eigenvalue weighted by atomic mass is 16.4. The van der Waals surface area contributed by atoms with Crippen LogP contribution in [0.15, 0.2) is 24.3 Å². The number of aliphatic hydroxyl groups excluding tert-OH is 1. The molecule has 0 bridgehead atoms. The van der Waals surface area contributed by atoms with Crippen molar-refractivity contribution in [3.63, 3.8) is 0 Å². The highest BCUT2D eigenvalue weighted by Gasteiger charge is 2.46. The Hall–Kier alpha value is -3.11. The lowest BCUT2D eigenvalue weighted by atomic mass is 10.0. The van der Waals surface area contributed by atoms with Gasteiger partial charge in [-0.2, -0.15) is 0 Å². The van der Waals surface area contributed by atoms with Crippen molar-refractivity contribution in [2.45, 2.75) is 31.7 Å². The van der Waals surface area contributed by atoms with E-state index < -0.39 is 42.4 Å². The van der Waals surface area contributed by atoms with Crippen LogP contribution in [-0.4, -0.2) is 68.9 Å². The molecular weight excluding hydrogens is 370 g/mol. The van der Waals surface area contributed by atoms with E-state index in [-0.39, 0.29) is 30.4 Å². The molecule has 2 aliphatic heterocycles. The number of aliphatic carboxylic acids is 1. The number of hydrogen-bond acceptors (Lipinski definition) is 7. The van der Waals surface area contributed by atoms with E-state index in [0.29, 0.717) is 17.9 Å². The van der Waals surface area contributed by atoms with Gasteiger partial charge in [0.15, 0.2) is 0 Å². The minimum absolute atomic E-state index is 0.00434. The molecule has 2 aliphatic rings. The molecule has 1 aromatic rings. The zero-order valence-electron chi connectivity index (χ0n) is 15.0. The summed E-state index contributed by atoms with van der Waals surface area (Å²) >= 11 is 0. The lowest BCUT2D eigenvalue weighted by Crippen LogP contribution is -2.56. The summed E-state index contributed by atoms with van der Waals surface area (Å²) in [4.78, 5) is 59.6. The van der Waals surface area contributed by atoms with E-state index in [4.69, 9.17) is 15.9 Å². The van der Waals surface area contributed by atoms with Gasteiger partial charge in [-0.3, -0.25) is 33.8 Å². The second-order valence-electron chi connectivity index (χ2n) is 6.17. The summed E-state index contributed by atoms with van der Waals surface area (Å²) in [5.74, 6) is -3.08. The number of likely N-dealkylation sites (tertiary alicyclic amines) is 1. The fraction of sp³-hybridized carbons (Fsp3) is 0.389. The molecule has 3 rings (SSSR count). The Labute approximate surface area is 160 Å². The Morgan fingerprint density at radius 1 is 1.11 bits per heavy atom. The summed E-state index contributed by atoms with van der Waals surface area (Å²) in [6, 6.07) is 5.29. The fourth-order valence-corrected chi connectivity index (χ4v) is 2.95. The predicted molar refractivity (Wildman–Crippen MR) is 94.8 cm³/mol. The number of imide groups is 2. The quantitative estimate of drug-likeness (QED) is 0.570. The van der Waals surface area contributed by atoms with Gasteiger partial charge in [0, 0.05) is 12.8 Å². The highest BCUT2D eigenvalue weighted by molar-refractivity contribution is 6.23. The number of carboxylic acid groups (broad SMARTS) is 1. The zero-order valence-corrected chi connectivity index (χ0v) is 15.0. The van der Waals surface area contributed by atoms with Crippen LogP contribution in [0.5, 0.6) is 0 Å². The van der Waals surface area contributed by atoms with Crippen LogP contribution >= 0.6 is 0 Å². The Morgan fingerprint density at radius 2 is 1.68 bits per heavy atom. The summed E-state index contributed by atoms with van der Waals surface area (Å²) < 4.78 is 0. The maximum Gasteiger partial charge on any atom is 0.303 e. The lowest BCUT2D eigenvalue weighted by molar-refractivity contribution is -0.156. The molecule has 0 aromatic heterocycles. The number of amides is 4. The van der Waals surface area contributed by atoms with E-state index in [1.165, 1.54) is 12.1 Å². The summed E-state index contributed by atoms with van der Waals surface area (Å²) in [6.07, 6.45) is 0.857. The molecule has 10 nitrogen and oxygen atoms in total. The topological polar surface area (TPSA) is 158 Å². The molecule has 1 fully saturated rings. The van der Waals surface area contributed by atoms with Gasteiger partial charge in [0.2, 0.25) is 5.91 Å². The summed E-state index contributed by atoms with van der Waals surface area (Å²) in [5.41, 5.74) is 5.52. The number of rotatable bonds is 5.